The Labute approximate surface area is 96.3 Å². The normalized spacial score (nSPS) is 24.8. The summed E-state index contributed by atoms with van der Waals surface area (Å²) >= 11 is 0. The highest BCUT2D eigenvalue weighted by Crippen LogP contribution is 2.36. The summed E-state index contributed by atoms with van der Waals surface area (Å²) < 4.78 is 0. The number of benzene rings is 1. The molecule has 0 N–H and O–H groups in total. The molecule has 1 saturated carbocycles. The first kappa shape index (κ1) is 9.88. The molecule has 1 aliphatic carbocycles. The second-order valence-corrected chi connectivity index (χ2v) is 4.86. The Hall–Kier alpha value is -1.31. The summed E-state index contributed by atoms with van der Waals surface area (Å²) in [5.74, 6) is 0.871. The summed E-state index contributed by atoms with van der Waals surface area (Å²) in [5, 5.41) is 0. The van der Waals surface area contributed by atoms with E-state index in [-0.39, 0.29) is 6.04 Å². The highest BCUT2D eigenvalue weighted by Gasteiger charge is 2.39. The van der Waals surface area contributed by atoms with Crippen LogP contribution in [0, 0.1) is 5.92 Å². The van der Waals surface area contributed by atoms with Crippen molar-refractivity contribution in [2.24, 2.45) is 5.92 Å². The maximum absolute atomic E-state index is 12.1. The zero-order valence-corrected chi connectivity index (χ0v) is 9.43. The van der Waals surface area contributed by atoms with Gasteiger partial charge in [-0.05, 0) is 37.8 Å². The van der Waals surface area contributed by atoms with Crippen LogP contribution in [-0.2, 0) is 4.79 Å². The van der Waals surface area contributed by atoms with Gasteiger partial charge in [0, 0.05) is 18.2 Å². The number of anilines is 1. The molecule has 0 spiro atoms. The van der Waals surface area contributed by atoms with Crippen LogP contribution in [0.4, 0.5) is 5.69 Å². The van der Waals surface area contributed by atoms with Crippen molar-refractivity contribution in [1.29, 1.82) is 0 Å². The second kappa shape index (κ2) is 3.93. The summed E-state index contributed by atoms with van der Waals surface area (Å²) in [7, 11) is 0. The highest BCUT2D eigenvalue weighted by molar-refractivity contribution is 5.91. The van der Waals surface area contributed by atoms with E-state index < -0.39 is 0 Å². The lowest BCUT2D eigenvalue weighted by Crippen LogP contribution is -2.36. The zero-order chi connectivity index (χ0) is 11.0. The lowest BCUT2D eigenvalue weighted by Gasteiger charge is -2.25. The van der Waals surface area contributed by atoms with Crippen molar-refractivity contribution in [2.45, 2.75) is 31.7 Å². The van der Waals surface area contributed by atoms with E-state index in [1.165, 1.54) is 5.69 Å². The molecular formula is C14H17NO. The minimum absolute atomic E-state index is 0.162. The number of carbonyl (C=O) groups is 1. The fraction of sp³-hybridized carbons (Fsp3) is 0.500. The molecular weight excluding hydrogens is 198 g/mol. The number of nitrogens with zero attached hydrogens (tertiary/aromatic N) is 1. The third kappa shape index (κ3) is 1.73. The maximum Gasteiger partial charge on any atom is 0.158 e. The molecule has 2 aliphatic rings. The number of para-hydroxylation sites is 1. The van der Waals surface area contributed by atoms with Gasteiger partial charge in [0.2, 0.25) is 0 Å². The predicted molar refractivity (Wildman–Crippen MR) is 64.5 cm³/mol. The van der Waals surface area contributed by atoms with Gasteiger partial charge < -0.3 is 4.90 Å². The van der Waals surface area contributed by atoms with E-state index in [1.807, 2.05) is 18.2 Å². The summed E-state index contributed by atoms with van der Waals surface area (Å²) in [6.45, 7) is 1.03. The fourth-order valence-corrected chi connectivity index (χ4v) is 2.63. The smallest absolute Gasteiger partial charge is 0.158 e. The van der Waals surface area contributed by atoms with E-state index in [4.69, 9.17) is 0 Å². The maximum atomic E-state index is 12.1. The van der Waals surface area contributed by atoms with Crippen LogP contribution >= 0.6 is 0 Å². The van der Waals surface area contributed by atoms with Gasteiger partial charge in [-0.1, -0.05) is 18.2 Å². The Morgan fingerprint density at radius 1 is 1.12 bits per heavy atom. The number of carbonyl (C=O) groups excluding carboxylic acids is 1. The van der Waals surface area contributed by atoms with Gasteiger partial charge in [0.1, 0.15) is 0 Å². The molecule has 3 rings (SSSR count). The van der Waals surface area contributed by atoms with Crippen LogP contribution in [0.5, 0.6) is 0 Å². The van der Waals surface area contributed by atoms with Crippen molar-refractivity contribution in [3.8, 4) is 0 Å². The van der Waals surface area contributed by atoms with Gasteiger partial charge in [0.25, 0.3) is 0 Å². The van der Waals surface area contributed by atoms with E-state index in [0.29, 0.717) is 11.7 Å². The van der Waals surface area contributed by atoms with Gasteiger partial charge in [-0.15, -0.1) is 0 Å². The zero-order valence-electron chi connectivity index (χ0n) is 9.43. The van der Waals surface area contributed by atoms with Crippen molar-refractivity contribution >= 4 is 11.5 Å². The Kier molecular flexibility index (Phi) is 2.43. The molecule has 2 nitrogen and oxygen atoms in total. The van der Waals surface area contributed by atoms with Crippen LogP contribution in [0.15, 0.2) is 30.3 Å². The molecule has 0 radical (unpaired) electrons. The Bertz CT molecular complexity index is 383. The molecule has 1 atom stereocenters. The van der Waals surface area contributed by atoms with Crippen molar-refractivity contribution in [2.75, 3.05) is 11.4 Å². The fourth-order valence-electron chi connectivity index (χ4n) is 2.63. The quantitative estimate of drug-likeness (QED) is 0.772. The van der Waals surface area contributed by atoms with Crippen molar-refractivity contribution in [1.82, 2.24) is 0 Å². The molecule has 0 amide bonds. The molecule has 16 heavy (non-hydrogen) atoms. The van der Waals surface area contributed by atoms with Gasteiger partial charge in [0.15, 0.2) is 5.78 Å². The van der Waals surface area contributed by atoms with Crippen LogP contribution < -0.4 is 4.90 Å². The summed E-state index contributed by atoms with van der Waals surface area (Å²) in [5.41, 5.74) is 1.21. The van der Waals surface area contributed by atoms with Crippen LogP contribution in [0.2, 0.25) is 0 Å². The molecule has 0 aromatic heterocycles. The van der Waals surface area contributed by atoms with Crippen LogP contribution in [0.25, 0.3) is 0 Å². The standard InChI is InChI=1S/C14H17NO/c16-14(11-8-9-11)13-7-4-10-15(13)12-5-2-1-3-6-12/h1-3,5-6,11,13H,4,7-10H2/t13-/m1/s1. The summed E-state index contributed by atoms with van der Waals surface area (Å²) in [6.07, 6.45) is 4.44. The minimum Gasteiger partial charge on any atom is -0.361 e. The molecule has 1 aromatic carbocycles. The van der Waals surface area contributed by atoms with E-state index >= 15 is 0 Å². The molecule has 1 heterocycles. The molecule has 2 heteroatoms. The second-order valence-electron chi connectivity index (χ2n) is 4.86. The number of rotatable bonds is 3. The minimum atomic E-state index is 0.162. The van der Waals surface area contributed by atoms with Gasteiger partial charge in [-0.2, -0.15) is 0 Å². The third-order valence-corrected chi connectivity index (χ3v) is 3.65. The van der Waals surface area contributed by atoms with Gasteiger partial charge in [0.05, 0.1) is 6.04 Å². The first-order valence-corrected chi connectivity index (χ1v) is 6.21. The largest absolute Gasteiger partial charge is 0.361 e. The van der Waals surface area contributed by atoms with Crippen molar-refractivity contribution in [3.05, 3.63) is 30.3 Å². The first-order valence-electron chi connectivity index (χ1n) is 6.21. The number of hydrogen-bond acceptors (Lipinski definition) is 2. The van der Waals surface area contributed by atoms with Crippen LogP contribution in [0.1, 0.15) is 25.7 Å². The Balaban J connectivity index is 1.81. The summed E-state index contributed by atoms with van der Waals surface area (Å²) in [6, 6.07) is 10.5. The molecule has 0 unspecified atom stereocenters. The van der Waals surface area contributed by atoms with E-state index in [2.05, 4.69) is 17.0 Å². The lowest BCUT2D eigenvalue weighted by molar-refractivity contribution is -0.121. The van der Waals surface area contributed by atoms with Gasteiger partial charge in [-0.25, -0.2) is 0 Å². The topological polar surface area (TPSA) is 20.3 Å². The van der Waals surface area contributed by atoms with Crippen molar-refractivity contribution in [3.63, 3.8) is 0 Å². The average Bonchev–Trinajstić information content (AvgIpc) is 3.06. The predicted octanol–water partition coefficient (Wildman–Crippen LogP) is 2.63. The molecule has 2 fully saturated rings. The lowest BCUT2D eigenvalue weighted by atomic mass is 10.1. The third-order valence-electron chi connectivity index (χ3n) is 3.65. The van der Waals surface area contributed by atoms with E-state index in [9.17, 15) is 4.79 Å². The number of hydrogen-bond donors (Lipinski definition) is 0. The monoisotopic (exact) mass is 215 g/mol. The van der Waals surface area contributed by atoms with Crippen molar-refractivity contribution < 1.29 is 4.79 Å². The Morgan fingerprint density at radius 3 is 2.56 bits per heavy atom. The Morgan fingerprint density at radius 2 is 1.88 bits per heavy atom. The molecule has 1 aromatic rings. The van der Waals surface area contributed by atoms with Crippen LogP contribution in [-0.4, -0.2) is 18.4 Å². The van der Waals surface area contributed by atoms with Crippen LogP contribution in [0.3, 0.4) is 0 Å². The molecule has 1 saturated heterocycles. The SMILES string of the molecule is O=C(C1CC1)[C@H]1CCCN1c1ccccc1. The molecule has 0 bridgehead atoms. The summed E-state index contributed by atoms with van der Waals surface area (Å²) in [4.78, 5) is 14.4. The number of ketones is 1. The first-order chi connectivity index (χ1) is 7.86. The number of Topliss-reactive ketones (excluding diaryl/α,β-unsaturated/α-hetero) is 1. The van der Waals surface area contributed by atoms with E-state index in [0.717, 1.165) is 32.2 Å². The average molecular weight is 215 g/mol. The highest BCUT2D eigenvalue weighted by atomic mass is 16.1. The van der Waals surface area contributed by atoms with Gasteiger partial charge >= 0.3 is 0 Å². The molecule has 84 valence electrons. The van der Waals surface area contributed by atoms with Gasteiger partial charge in [-0.3, -0.25) is 4.79 Å². The molecule has 1 aliphatic heterocycles. The van der Waals surface area contributed by atoms with E-state index in [1.54, 1.807) is 0 Å².